The predicted octanol–water partition coefficient (Wildman–Crippen LogP) is 3.52. The van der Waals surface area contributed by atoms with E-state index in [-0.39, 0.29) is 0 Å². The Morgan fingerprint density at radius 2 is 2.20 bits per heavy atom. The predicted molar refractivity (Wildman–Crippen MR) is 49.5 cm³/mol. The van der Waals surface area contributed by atoms with Gasteiger partial charge in [-0.1, -0.05) is 41.4 Å². The number of hydrogen-bond donors (Lipinski definition) is 0. The lowest BCUT2D eigenvalue weighted by atomic mass is 9.78. The fourth-order valence-corrected chi connectivity index (χ4v) is 1.93. The highest BCUT2D eigenvalue weighted by atomic mass is 79.9. The summed E-state index contributed by atoms with van der Waals surface area (Å²) in [5.41, 5.74) is 1.95. The van der Waals surface area contributed by atoms with Gasteiger partial charge in [-0.3, -0.25) is 0 Å². The first-order valence-corrected chi connectivity index (χ1v) is 4.76. The SMILES string of the molecule is CC1=CCCC(C)(C)C1Br. The maximum absolute atomic E-state index is 3.71. The highest BCUT2D eigenvalue weighted by Crippen LogP contribution is 2.39. The zero-order chi connectivity index (χ0) is 7.78. The lowest BCUT2D eigenvalue weighted by Crippen LogP contribution is -2.27. The minimum Gasteiger partial charge on any atom is -0.0844 e. The third kappa shape index (κ3) is 1.45. The molecule has 0 aromatic heterocycles. The van der Waals surface area contributed by atoms with Gasteiger partial charge in [-0.05, 0) is 25.2 Å². The maximum atomic E-state index is 3.71. The summed E-state index contributed by atoms with van der Waals surface area (Å²) in [6, 6.07) is 0. The number of allylic oxidation sites excluding steroid dienone is 2. The minimum absolute atomic E-state index is 0.457. The van der Waals surface area contributed by atoms with Crippen molar-refractivity contribution in [2.24, 2.45) is 5.41 Å². The summed E-state index contributed by atoms with van der Waals surface area (Å²) < 4.78 is 0. The van der Waals surface area contributed by atoms with E-state index in [1.807, 2.05) is 0 Å². The van der Waals surface area contributed by atoms with Crippen molar-refractivity contribution in [3.05, 3.63) is 11.6 Å². The van der Waals surface area contributed by atoms with Crippen molar-refractivity contribution in [3.63, 3.8) is 0 Å². The van der Waals surface area contributed by atoms with Crippen molar-refractivity contribution >= 4 is 15.9 Å². The molecule has 58 valence electrons. The van der Waals surface area contributed by atoms with Crippen molar-refractivity contribution in [2.45, 2.75) is 38.4 Å². The van der Waals surface area contributed by atoms with Crippen LogP contribution in [0.1, 0.15) is 33.6 Å². The molecular formula is C9H15Br. The quantitative estimate of drug-likeness (QED) is 0.417. The summed E-state index contributed by atoms with van der Waals surface area (Å²) in [7, 11) is 0. The zero-order valence-corrected chi connectivity index (χ0v) is 8.53. The van der Waals surface area contributed by atoms with Crippen LogP contribution in [0.3, 0.4) is 0 Å². The van der Waals surface area contributed by atoms with Gasteiger partial charge in [0.25, 0.3) is 0 Å². The largest absolute Gasteiger partial charge is 0.0844 e. The molecule has 0 nitrogen and oxygen atoms in total. The summed E-state index contributed by atoms with van der Waals surface area (Å²) in [6.45, 7) is 6.85. The monoisotopic (exact) mass is 202 g/mol. The van der Waals surface area contributed by atoms with Crippen LogP contribution in [0, 0.1) is 5.41 Å². The lowest BCUT2D eigenvalue weighted by molar-refractivity contribution is 0.335. The van der Waals surface area contributed by atoms with E-state index in [0.717, 1.165) is 0 Å². The Labute approximate surface area is 71.8 Å². The van der Waals surface area contributed by atoms with Gasteiger partial charge in [0.05, 0.1) is 0 Å². The summed E-state index contributed by atoms with van der Waals surface area (Å²) in [6.07, 6.45) is 4.89. The molecule has 0 aromatic carbocycles. The summed E-state index contributed by atoms with van der Waals surface area (Å²) >= 11 is 3.71. The number of alkyl halides is 1. The molecule has 1 aliphatic carbocycles. The second-order valence-electron chi connectivity index (χ2n) is 3.84. The van der Waals surface area contributed by atoms with Gasteiger partial charge in [0.1, 0.15) is 0 Å². The second kappa shape index (κ2) is 2.69. The van der Waals surface area contributed by atoms with Crippen molar-refractivity contribution in [3.8, 4) is 0 Å². The van der Waals surface area contributed by atoms with Crippen LogP contribution in [-0.4, -0.2) is 4.83 Å². The number of halogens is 1. The maximum Gasteiger partial charge on any atom is 0.0403 e. The molecule has 0 spiro atoms. The van der Waals surface area contributed by atoms with E-state index in [2.05, 4.69) is 42.8 Å². The fraction of sp³-hybridized carbons (Fsp3) is 0.778. The van der Waals surface area contributed by atoms with Crippen LogP contribution in [0.25, 0.3) is 0 Å². The van der Waals surface area contributed by atoms with Gasteiger partial charge in [0.15, 0.2) is 0 Å². The van der Waals surface area contributed by atoms with Gasteiger partial charge in [0, 0.05) is 4.83 Å². The van der Waals surface area contributed by atoms with Crippen LogP contribution in [0.4, 0.5) is 0 Å². The first kappa shape index (κ1) is 8.32. The molecule has 0 bridgehead atoms. The first-order chi connectivity index (χ1) is 4.54. The van der Waals surface area contributed by atoms with E-state index in [1.165, 1.54) is 18.4 Å². The van der Waals surface area contributed by atoms with E-state index in [9.17, 15) is 0 Å². The Kier molecular flexibility index (Phi) is 2.24. The summed E-state index contributed by atoms with van der Waals surface area (Å²) in [4.78, 5) is 0.591. The summed E-state index contributed by atoms with van der Waals surface area (Å²) in [5, 5.41) is 0. The van der Waals surface area contributed by atoms with Crippen molar-refractivity contribution in [1.29, 1.82) is 0 Å². The van der Waals surface area contributed by atoms with E-state index < -0.39 is 0 Å². The first-order valence-electron chi connectivity index (χ1n) is 3.85. The Bertz CT molecular complexity index is 156. The Morgan fingerprint density at radius 3 is 2.60 bits per heavy atom. The molecule has 0 amide bonds. The van der Waals surface area contributed by atoms with Crippen LogP contribution < -0.4 is 0 Å². The minimum atomic E-state index is 0.457. The van der Waals surface area contributed by atoms with Crippen LogP contribution in [0.2, 0.25) is 0 Å². The molecule has 0 fully saturated rings. The van der Waals surface area contributed by atoms with Crippen LogP contribution in [-0.2, 0) is 0 Å². The molecule has 0 heterocycles. The molecule has 0 saturated carbocycles. The molecule has 1 rings (SSSR count). The smallest absolute Gasteiger partial charge is 0.0403 e. The molecule has 0 saturated heterocycles. The highest BCUT2D eigenvalue weighted by molar-refractivity contribution is 9.09. The fourth-order valence-electron chi connectivity index (χ4n) is 1.52. The molecule has 0 aromatic rings. The standard InChI is InChI=1S/C9H15Br/c1-7-5-4-6-9(2,3)8(7)10/h5,8H,4,6H2,1-3H3. The Hall–Kier alpha value is 0.220. The lowest BCUT2D eigenvalue weighted by Gasteiger charge is -2.34. The Balaban J connectivity index is 2.78. The van der Waals surface area contributed by atoms with E-state index in [4.69, 9.17) is 0 Å². The third-order valence-electron chi connectivity index (χ3n) is 2.34. The van der Waals surface area contributed by atoms with E-state index in [0.29, 0.717) is 10.2 Å². The van der Waals surface area contributed by atoms with Gasteiger partial charge >= 0.3 is 0 Å². The van der Waals surface area contributed by atoms with Gasteiger partial charge in [-0.2, -0.15) is 0 Å². The molecule has 0 N–H and O–H groups in total. The average molecular weight is 203 g/mol. The topological polar surface area (TPSA) is 0 Å². The van der Waals surface area contributed by atoms with Gasteiger partial charge in [0.2, 0.25) is 0 Å². The molecule has 1 aliphatic rings. The van der Waals surface area contributed by atoms with E-state index in [1.54, 1.807) is 0 Å². The molecule has 0 aliphatic heterocycles. The normalized spacial score (nSPS) is 31.6. The van der Waals surface area contributed by atoms with E-state index >= 15 is 0 Å². The molecular weight excluding hydrogens is 188 g/mol. The van der Waals surface area contributed by atoms with Gasteiger partial charge in [-0.15, -0.1) is 0 Å². The second-order valence-corrected chi connectivity index (χ2v) is 4.75. The molecule has 1 heteroatoms. The van der Waals surface area contributed by atoms with Crippen LogP contribution >= 0.6 is 15.9 Å². The van der Waals surface area contributed by atoms with Gasteiger partial charge in [-0.25, -0.2) is 0 Å². The molecule has 0 radical (unpaired) electrons. The number of hydrogen-bond acceptors (Lipinski definition) is 0. The van der Waals surface area contributed by atoms with Crippen molar-refractivity contribution in [2.75, 3.05) is 0 Å². The highest BCUT2D eigenvalue weighted by Gasteiger charge is 2.30. The average Bonchev–Trinajstić information content (AvgIpc) is 1.83. The summed E-state index contributed by atoms with van der Waals surface area (Å²) in [5.74, 6) is 0. The van der Waals surface area contributed by atoms with Crippen molar-refractivity contribution < 1.29 is 0 Å². The van der Waals surface area contributed by atoms with Crippen LogP contribution in [0.5, 0.6) is 0 Å². The number of rotatable bonds is 0. The zero-order valence-electron chi connectivity index (χ0n) is 6.95. The third-order valence-corrected chi connectivity index (χ3v) is 4.30. The molecule has 1 unspecified atom stereocenters. The Morgan fingerprint density at radius 1 is 1.60 bits per heavy atom. The van der Waals surface area contributed by atoms with Gasteiger partial charge < -0.3 is 0 Å². The molecule has 10 heavy (non-hydrogen) atoms. The van der Waals surface area contributed by atoms with Crippen LogP contribution in [0.15, 0.2) is 11.6 Å². The molecule has 1 atom stereocenters. The van der Waals surface area contributed by atoms with Crippen molar-refractivity contribution in [1.82, 2.24) is 0 Å².